The van der Waals surface area contributed by atoms with E-state index in [1.165, 1.54) is 12.3 Å². The number of carbonyl (C=O) groups excluding carboxylic acids is 1. The number of hydrogen-bond acceptors (Lipinski definition) is 3. The van der Waals surface area contributed by atoms with Gasteiger partial charge in [0.05, 0.1) is 11.9 Å². The lowest BCUT2D eigenvalue weighted by Crippen LogP contribution is -2.29. The third-order valence-corrected chi connectivity index (χ3v) is 1.69. The van der Waals surface area contributed by atoms with Crippen molar-refractivity contribution in [1.29, 1.82) is 5.26 Å². The Hall–Kier alpha value is -2.35. The monoisotopic (exact) mass is 216 g/mol. The van der Waals surface area contributed by atoms with Gasteiger partial charge in [-0.3, -0.25) is 0 Å². The highest BCUT2D eigenvalue weighted by molar-refractivity contribution is 5.89. The molecule has 0 spiro atoms. The summed E-state index contributed by atoms with van der Waals surface area (Å²) in [7, 11) is 0. The van der Waals surface area contributed by atoms with Crippen molar-refractivity contribution < 1.29 is 4.79 Å². The van der Waals surface area contributed by atoms with Gasteiger partial charge in [0.25, 0.3) is 0 Å². The molecule has 0 aliphatic carbocycles. The first-order chi connectivity index (χ1) is 7.61. The quantitative estimate of drug-likeness (QED) is 0.754. The molecular formula is C11H12N4O. The Bertz CT molecular complexity index is 430. The van der Waals surface area contributed by atoms with E-state index in [2.05, 4.69) is 22.2 Å². The minimum Gasteiger partial charge on any atom is -0.334 e. The molecule has 0 aliphatic heterocycles. The number of nitrogens with zero attached hydrogens (tertiary/aromatic N) is 2. The fraction of sp³-hybridized carbons (Fsp3) is 0.182. The van der Waals surface area contributed by atoms with Crippen molar-refractivity contribution in [2.24, 2.45) is 0 Å². The first-order valence-electron chi connectivity index (χ1n) is 4.67. The second-order valence-corrected chi connectivity index (χ2v) is 3.31. The van der Waals surface area contributed by atoms with Gasteiger partial charge in [0, 0.05) is 6.54 Å². The Morgan fingerprint density at radius 2 is 2.38 bits per heavy atom. The maximum Gasteiger partial charge on any atom is 0.319 e. The fourth-order valence-corrected chi connectivity index (χ4v) is 0.940. The minimum atomic E-state index is -0.325. The first kappa shape index (κ1) is 11.7. The maximum atomic E-state index is 11.3. The van der Waals surface area contributed by atoms with Crippen LogP contribution in [-0.2, 0) is 0 Å². The maximum absolute atomic E-state index is 11.3. The molecule has 2 amide bonds. The summed E-state index contributed by atoms with van der Waals surface area (Å²) >= 11 is 0. The highest BCUT2D eigenvalue weighted by Crippen LogP contribution is 2.04. The largest absolute Gasteiger partial charge is 0.334 e. The number of hydrogen-bond donors (Lipinski definition) is 2. The van der Waals surface area contributed by atoms with Crippen molar-refractivity contribution in [3.8, 4) is 6.07 Å². The van der Waals surface area contributed by atoms with Gasteiger partial charge in [-0.2, -0.15) is 5.26 Å². The molecular weight excluding hydrogens is 204 g/mol. The summed E-state index contributed by atoms with van der Waals surface area (Å²) < 4.78 is 0. The highest BCUT2D eigenvalue weighted by atomic mass is 16.2. The van der Waals surface area contributed by atoms with Gasteiger partial charge in [0.15, 0.2) is 0 Å². The molecule has 0 saturated heterocycles. The molecule has 0 aliphatic rings. The van der Waals surface area contributed by atoms with Gasteiger partial charge in [0.2, 0.25) is 0 Å². The van der Waals surface area contributed by atoms with Crippen LogP contribution in [0.4, 0.5) is 10.5 Å². The molecule has 2 N–H and O–H groups in total. The lowest BCUT2D eigenvalue weighted by molar-refractivity contribution is 0.253. The lowest BCUT2D eigenvalue weighted by Gasteiger charge is -2.06. The average Bonchev–Trinajstić information content (AvgIpc) is 2.27. The number of aromatic nitrogens is 1. The number of anilines is 1. The van der Waals surface area contributed by atoms with E-state index >= 15 is 0 Å². The summed E-state index contributed by atoms with van der Waals surface area (Å²) in [5.41, 5.74) is 1.72. The van der Waals surface area contributed by atoms with Crippen molar-refractivity contribution in [3.05, 3.63) is 36.2 Å². The van der Waals surface area contributed by atoms with Crippen LogP contribution in [0.2, 0.25) is 0 Å². The molecule has 0 fully saturated rings. The summed E-state index contributed by atoms with van der Waals surface area (Å²) in [4.78, 5) is 15.1. The zero-order chi connectivity index (χ0) is 12.0. The van der Waals surface area contributed by atoms with Crippen LogP contribution in [0.5, 0.6) is 0 Å². The van der Waals surface area contributed by atoms with E-state index in [1.54, 1.807) is 6.07 Å². The Kier molecular flexibility index (Phi) is 4.04. The van der Waals surface area contributed by atoms with Crippen LogP contribution in [0.15, 0.2) is 30.5 Å². The number of amides is 2. The SMILES string of the molecule is C=C(C)CNC(=O)Nc1ccc(C#N)nc1. The molecule has 5 heteroatoms. The molecule has 16 heavy (non-hydrogen) atoms. The van der Waals surface area contributed by atoms with Gasteiger partial charge < -0.3 is 10.6 Å². The van der Waals surface area contributed by atoms with Gasteiger partial charge >= 0.3 is 6.03 Å². The fourth-order valence-electron chi connectivity index (χ4n) is 0.940. The van der Waals surface area contributed by atoms with E-state index in [0.717, 1.165) is 5.57 Å². The molecule has 5 nitrogen and oxygen atoms in total. The second-order valence-electron chi connectivity index (χ2n) is 3.31. The molecule has 1 rings (SSSR count). The molecule has 0 atom stereocenters. The number of pyridine rings is 1. The van der Waals surface area contributed by atoms with Crippen molar-refractivity contribution in [2.75, 3.05) is 11.9 Å². The zero-order valence-electron chi connectivity index (χ0n) is 8.95. The number of rotatable bonds is 3. The highest BCUT2D eigenvalue weighted by Gasteiger charge is 2.01. The summed E-state index contributed by atoms with van der Waals surface area (Å²) in [5.74, 6) is 0. The molecule has 0 radical (unpaired) electrons. The van der Waals surface area contributed by atoms with Crippen LogP contribution >= 0.6 is 0 Å². The van der Waals surface area contributed by atoms with Gasteiger partial charge in [-0.1, -0.05) is 12.2 Å². The Morgan fingerprint density at radius 1 is 1.62 bits per heavy atom. The molecule has 1 aromatic heterocycles. The number of nitriles is 1. The van der Waals surface area contributed by atoms with Gasteiger partial charge in [-0.25, -0.2) is 9.78 Å². The van der Waals surface area contributed by atoms with Crippen molar-refractivity contribution in [2.45, 2.75) is 6.92 Å². The average molecular weight is 216 g/mol. The molecule has 1 aromatic rings. The number of nitrogens with one attached hydrogen (secondary N) is 2. The predicted molar refractivity (Wildman–Crippen MR) is 60.8 cm³/mol. The van der Waals surface area contributed by atoms with E-state index < -0.39 is 0 Å². The van der Waals surface area contributed by atoms with E-state index in [0.29, 0.717) is 17.9 Å². The minimum absolute atomic E-state index is 0.313. The van der Waals surface area contributed by atoms with E-state index in [4.69, 9.17) is 5.26 Å². The third-order valence-electron chi connectivity index (χ3n) is 1.69. The molecule has 1 heterocycles. The normalized spacial score (nSPS) is 9.00. The van der Waals surface area contributed by atoms with E-state index in [1.807, 2.05) is 13.0 Å². The van der Waals surface area contributed by atoms with Crippen molar-refractivity contribution >= 4 is 11.7 Å². The van der Waals surface area contributed by atoms with E-state index in [9.17, 15) is 4.79 Å². The Balaban J connectivity index is 2.50. The number of carbonyl (C=O) groups is 1. The van der Waals surface area contributed by atoms with Crippen molar-refractivity contribution in [1.82, 2.24) is 10.3 Å². The second kappa shape index (κ2) is 5.51. The predicted octanol–water partition coefficient (Wildman–Crippen LogP) is 1.65. The standard InChI is InChI=1S/C11H12N4O/c1-8(2)6-14-11(16)15-10-4-3-9(5-12)13-7-10/h3-4,7H,1,6H2,2H3,(H2,14,15,16). The van der Waals surface area contributed by atoms with Gasteiger partial charge in [0.1, 0.15) is 11.8 Å². The summed E-state index contributed by atoms with van der Waals surface area (Å²) in [6.07, 6.45) is 1.43. The van der Waals surface area contributed by atoms with E-state index in [-0.39, 0.29) is 6.03 Å². The van der Waals surface area contributed by atoms with Crippen LogP contribution in [0.1, 0.15) is 12.6 Å². The summed E-state index contributed by atoms with van der Waals surface area (Å²) in [6, 6.07) is 4.73. The molecule has 0 aromatic carbocycles. The zero-order valence-corrected chi connectivity index (χ0v) is 8.95. The number of urea groups is 1. The molecule has 0 bridgehead atoms. The molecule has 82 valence electrons. The van der Waals surface area contributed by atoms with Crippen LogP contribution in [0, 0.1) is 11.3 Å². The first-order valence-corrected chi connectivity index (χ1v) is 4.67. The Morgan fingerprint density at radius 3 is 2.88 bits per heavy atom. The topological polar surface area (TPSA) is 77.8 Å². The van der Waals surface area contributed by atoms with Crippen LogP contribution in [0.3, 0.4) is 0 Å². The van der Waals surface area contributed by atoms with Crippen molar-refractivity contribution in [3.63, 3.8) is 0 Å². The summed E-state index contributed by atoms with van der Waals surface area (Å²) in [6.45, 7) is 5.92. The third kappa shape index (κ3) is 3.80. The molecule has 0 unspecified atom stereocenters. The van der Waals surface area contributed by atoms with Gasteiger partial charge in [-0.05, 0) is 19.1 Å². The smallest absolute Gasteiger partial charge is 0.319 e. The van der Waals surface area contributed by atoms with Crippen LogP contribution in [-0.4, -0.2) is 17.6 Å². The summed E-state index contributed by atoms with van der Waals surface area (Å²) in [5, 5.41) is 13.7. The molecule has 0 saturated carbocycles. The lowest BCUT2D eigenvalue weighted by atomic mass is 10.3. The Labute approximate surface area is 93.8 Å². The van der Waals surface area contributed by atoms with Crippen LogP contribution in [0.25, 0.3) is 0 Å². The van der Waals surface area contributed by atoms with Gasteiger partial charge in [-0.15, -0.1) is 0 Å². The van der Waals surface area contributed by atoms with Crippen LogP contribution < -0.4 is 10.6 Å².